The number of aromatic hydroxyl groups is 1. The summed E-state index contributed by atoms with van der Waals surface area (Å²) in [7, 11) is 2.94. The number of amides is 3. The molecule has 0 aliphatic carbocycles. The van der Waals surface area contributed by atoms with Crippen molar-refractivity contribution < 1.29 is 23.9 Å². The summed E-state index contributed by atoms with van der Waals surface area (Å²) in [5.41, 5.74) is 0.563. The number of carbonyl (C=O) groups excluding carboxylic acids is 3. The fraction of sp³-hybridized carbons (Fsp3) is 0.333. The molecule has 2 aliphatic rings. The summed E-state index contributed by atoms with van der Waals surface area (Å²) in [6, 6.07) is 4.12. The zero-order valence-electron chi connectivity index (χ0n) is 19.3. The van der Waals surface area contributed by atoms with Gasteiger partial charge in [0.2, 0.25) is 5.43 Å². The van der Waals surface area contributed by atoms with E-state index in [-0.39, 0.29) is 55.4 Å². The van der Waals surface area contributed by atoms with Crippen molar-refractivity contribution >= 4 is 34.9 Å². The highest BCUT2D eigenvalue weighted by molar-refractivity contribution is 6.34. The van der Waals surface area contributed by atoms with Crippen LogP contribution < -0.4 is 5.43 Å². The molecule has 2 aliphatic heterocycles. The maximum Gasteiger partial charge on any atom is 0.312 e. The fourth-order valence-electron chi connectivity index (χ4n) is 4.38. The molecule has 1 aromatic heterocycles. The maximum atomic E-state index is 13.5. The predicted octanol–water partition coefficient (Wildman–Crippen LogP) is 1.84. The van der Waals surface area contributed by atoms with Gasteiger partial charge in [0.05, 0.1) is 11.6 Å². The van der Waals surface area contributed by atoms with E-state index < -0.39 is 34.7 Å². The van der Waals surface area contributed by atoms with E-state index in [0.29, 0.717) is 16.8 Å². The zero-order chi connectivity index (χ0) is 25.6. The molecule has 0 fully saturated rings. The standard InChI is InChI=1S/C24H24ClFN4O5/c1-13-6-7-28(24(35)23(34)27(2)3)12-17-18(13)20(31)21(32)19-22(33)29(8-9-30(17)19)11-14-4-5-16(26)15(25)10-14/h4-5,10,32H,1,6-9,11-12H2,2-3H3. The second-order valence-electron chi connectivity index (χ2n) is 8.75. The maximum absolute atomic E-state index is 13.5. The van der Waals surface area contributed by atoms with Crippen LogP contribution in [0, 0.1) is 5.82 Å². The Balaban J connectivity index is 1.75. The number of rotatable bonds is 2. The molecule has 3 amide bonds. The Bertz CT molecular complexity index is 1340. The highest BCUT2D eigenvalue weighted by Crippen LogP contribution is 2.31. The minimum Gasteiger partial charge on any atom is -0.503 e. The smallest absolute Gasteiger partial charge is 0.312 e. The van der Waals surface area contributed by atoms with Crippen LogP contribution in [-0.4, -0.2) is 69.3 Å². The Kier molecular flexibility index (Phi) is 6.42. The number of hydrogen-bond donors (Lipinski definition) is 1. The first-order chi connectivity index (χ1) is 16.5. The quantitative estimate of drug-likeness (QED) is 0.631. The molecule has 0 radical (unpaired) electrons. The van der Waals surface area contributed by atoms with Crippen LogP contribution in [-0.2, 0) is 29.2 Å². The van der Waals surface area contributed by atoms with Gasteiger partial charge in [-0.3, -0.25) is 19.2 Å². The van der Waals surface area contributed by atoms with Crippen molar-refractivity contribution in [3.05, 3.63) is 68.4 Å². The van der Waals surface area contributed by atoms with Crippen LogP contribution in [0.3, 0.4) is 0 Å². The number of fused-ring (bicyclic) bond motifs is 3. The number of aromatic nitrogens is 1. The molecule has 1 N–H and O–H groups in total. The lowest BCUT2D eigenvalue weighted by molar-refractivity contribution is -0.150. The second kappa shape index (κ2) is 9.18. The second-order valence-corrected chi connectivity index (χ2v) is 9.16. The van der Waals surface area contributed by atoms with Crippen molar-refractivity contribution in [2.24, 2.45) is 0 Å². The van der Waals surface area contributed by atoms with Crippen molar-refractivity contribution in [1.29, 1.82) is 0 Å². The fourth-order valence-corrected chi connectivity index (χ4v) is 4.59. The summed E-state index contributed by atoms with van der Waals surface area (Å²) in [4.78, 5) is 55.4. The Labute approximate surface area is 205 Å². The molecule has 11 heteroatoms. The number of halogens is 2. The topological polar surface area (TPSA) is 103 Å². The summed E-state index contributed by atoms with van der Waals surface area (Å²) >= 11 is 5.85. The first kappa shape index (κ1) is 24.5. The van der Waals surface area contributed by atoms with Crippen LogP contribution in [0.1, 0.15) is 33.7 Å². The van der Waals surface area contributed by atoms with E-state index in [1.807, 2.05) is 0 Å². The van der Waals surface area contributed by atoms with Crippen molar-refractivity contribution in [3.8, 4) is 5.75 Å². The molecule has 0 spiro atoms. The van der Waals surface area contributed by atoms with E-state index in [1.165, 1.54) is 51.6 Å². The molecule has 0 bridgehead atoms. The van der Waals surface area contributed by atoms with Gasteiger partial charge in [0.15, 0.2) is 11.4 Å². The Morgan fingerprint density at radius 2 is 1.91 bits per heavy atom. The van der Waals surface area contributed by atoms with Gasteiger partial charge in [0, 0.05) is 51.5 Å². The van der Waals surface area contributed by atoms with Gasteiger partial charge in [-0.25, -0.2) is 4.39 Å². The zero-order valence-corrected chi connectivity index (χ0v) is 20.1. The van der Waals surface area contributed by atoms with Crippen molar-refractivity contribution in [3.63, 3.8) is 0 Å². The molecule has 2 aromatic rings. The third-order valence-corrected chi connectivity index (χ3v) is 6.54. The molecule has 0 saturated heterocycles. The van der Waals surface area contributed by atoms with E-state index >= 15 is 0 Å². The Morgan fingerprint density at radius 3 is 2.57 bits per heavy atom. The first-order valence-corrected chi connectivity index (χ1v) is 11.3. The van der Waals surface area contributed by atoms with Gasteiger partial charge < -0.3 is 24.4 Å². The average molecular weight is 503 g/mol. The first-order valence-electron chi connectivity index (χ1n) is 10.9. The molecular formula is C24H24ClFN4O5. The summed E-state index contributed by atoms with van der Waals surface area (Å²) in [5, 5.41) is 10.7. The lowest BCUT2D eigenvalue weighted by Crippen LogP contribution is -2.45. The molecule has 0 saturated carbocycles. The lowest BCUT2D eigenvalue weighted by atomic mass is 10.00. The van der Waals surface area contributed by atoms with Gasteiger partial charge in [-0.2, -0.15) is 0 Å². The summed E-state index contributed by atoms with van der Waals surface area (Å²) in [6.45, 7) is 4.57. The van der Waals surface area contributed by atoms with Crippen LogP contribution in [0.5, 0.6) is 5.75 Å². The molecule has 184 valence electrons. The highest BCUT2D eigenvalue weighted by atomic mass is 35.5. The van der Waals surface area contributed by atoms with E-state index in [1.54, 1.807) is 0 Å². The number of carbonyl (C=O) groups is 3. The van der Waals surface area contributed by atoms with Gasteiger partial charge >= 0.3 is 11.8 Å². The van der Waals surface area contributed by atoms with Gasteiger partial charge in [-0.1, -0.05) is 24.2 Å². The van der Waals surface area contributed by atoms with Gasteiger partial charge in [0.25, 0.3) is 5.91 Å². The third kappa shape index (κ3) is 4.29. The molecule has 0 unspecified atom stereocenters. The Hall–Kier alpha value is -3.66. The van der Waals surface area contributed by atoms with E-state index in [4.69, 9.17) is 11.6 Å². The lowest BCUT2D eigenvalue weighted by Gasteiger charge is -2.33. The Morgan fingerprint density at radius 1 is 1.20 bits per heavy atom. The normalized spacial score (nSPS) is 15.4. The number of likely N-dealkylation sites (N-methyl/N-ethyl adjacent to an activating group) is 1. The average Bonchev–Trinajstić information content (AvgIpc) is 2.99. The van der Waals surface area contributed by atoms with Crippen LogP contribution in [0.4, 0.5) is 4.39 Å². The minimum absolute atomic E-state index is 0.0766. The molecule has 1 aromatic carbocycles. The molecule has 4 rings (SSSR count). The number of hydrogen-bond acceptors (Lipinski definition) is 5. The molecule has 35 heavy (non-hydrogen) atoms. The van der Waals surface area contributed by atoms with Crippen molar-refractivity contribution in [2.75, 3.05) is 27.2 Å². The van der Waals surface area contributed by atoms with Crippen LogP contribution >= 0.6 is 11.6 Å². The summed E-state index contributed by atoms with van der Waals surface area (Å²) in [5.74, 6) is -3.31. The van der Waals surface area contributed by atoms with Crippen LogP contribution in [0.15, 0.2) is 29.6 Å². The predicted molar refractivity (Wildman–Crippen MR) is 126 cm³/mol. The number of nitrogens with zero attached hydrogens (tertiary/aromatic N) is 4. The van der Waals surface area contributed by atoms with E-state index in [9.17, 15) is 28.7 Å². The summed E-state index contributed by atoms with van der Waals surface area (Å²) in [6.07, 6.45) is 0.235. The minimum atomic E-state index is -0.746. The molecule has 9 nitrogen and oxygen atoms in total. The monoisotopic (exact) mass is 502 g/mol. The molecule has 3 heterocycles. The number of pyridine rings is 1. The van der Waals surface area contributed by atoms with Crippen molar-refractivity contribution in [2.45, 2.75) is 26.1 Å². The van der Waals surface area contributed by atoms with Crippen LogP contribution in [0.2, 0.25) is 5.02 Å². The largest absolute Gasteiger partial charge is 0.503 e. The van der Waals surface area contributed by atoms with Crippen LogP contribution in [0.25, 0.3) is 5.57 Å². The summed E-state index contributed by atoms with van der Waals surface area (Å²) < 4.78 is 15.0. The van der Waals surface area contributed by atoms with E-state index in [0.717, 1.165) is 0 Å². The van der Waals surface area contributed by atoms with Gasteiger partial charge in [0.1, 0.15) is 5.82 Å². The molecular weight excluding hydrogens is 479 g/mol. The van der Waals surface area contributed by atoms with E-state index in [2.05, 4.69) is 6.58 Å². The highest BCUT2D eigenvalue weighted by Gasteiger charge is 2.36. The number of benzene rings is 1. The SMILES string of the molecule is C=C1CCN(C(=O)C(=O)N(C)C)Cc2c1c(=O)c(O)c1n2CCN(Cc2ccc(F)c(Cl)c2)C1=O. The van der Waals surface area contributed by atoms with Gasteiger partial charge in [-0.15, -0.1) is 0 Å². The third-order valence-electron chi connectivity index (χ3n) is 6.25. The van der Waals surface area contributed by atoms with Crippen molar-refractivity contribution in [1.82, 2.24) is 19.3 Å². The molecule has 0 atom stereocenters. The van der Waals surface area contributed by atoms with Gasteiger partial charge in [-0.05, 0) is 29.7 Å².